The van der Waals surface area contributed by atoms with Crippen LogP contribution in [0.4, 0.5) is 0 Å². The zero-order chi connectivity index (χ0) is 13.0. The van der Waals surface area contributed by atoms with Crippen molar-refractivity contribution in [1.29, 1.82) is 0 Å². The summed E-state index contributed by atoms with van der Waals surface area (Å²) in [7, 11) is 0. The van der Waals surface area contributed by atoms with Crippen LogP contribution in [0.25, 0.3) is 0 Å². The van der Waals surface area contributed by atoms with Gasteiger partial charge in [0.15, 0.2) is 0 Å². The summed E-state index contributed by atoms with van der Waals surface area (Å²) >= 11 is 0. The summed E-state index contributed by atoms with van der Waals surface area (Å²) in [4.78, 5) is 0. The lowest BCUT2D eigenvalue weighted by atomic mass is 9.88. The molecule has 0 nitrogen and oxygen atoms in total. The Morgan fingerprint density at radius 2 is 1.31 bits per heavy atom. The molecule has 0 aliphatic heterocycles. The van der Waals surface area contributed by atoms with Crippen LogP contribution in [0.3, 0.4) is 0 Å². The SMILES string of the molecule is CCC(C)(C)CC.CCCCCCC(C)C. The molecule has 0 amide bonds. The summed E-state index contributed by atoms with van der Waals surface area (Å²) in [6.07, 6.45) is 9.66. The average molecular weight is 228 g/mol. The summed E-state index contributed by atoms with van der Waals surface area (Å²) in [5, 5.41) is 0. The van der Waals surface area contributed by atoms with Crippen molar-refractivity contribution >= 4 is 0 Å². The first-order valence-corrected chi connectivity index (χ1v) is 7.39. The quantitative estimate of drug-likeness (QED) is 0.439. The van der Waals surface area contributed by atoms with Crippen LogP contribution in [-0.2, 0) is 0 Å². The van der Waals surface area contributed by atoms with Gasteiger partial charge in [0.2, 0.25) is 0 Å². The highest BCUT2D eigenvalue weighted by molar-refractivity contribution is 4.61. The van der Waals surface area contributed by atoms with Crippen LogP contribution in [0.15, 0.2) is 0 Å². The summed E-state index contributed by atoms with van der Waals surface area (Å²) < 4.78 is 0. The molecular formula is C16H36. The smallest absolute Gasteiger partial charge is 0.0359 e. The van der Waals surface area contributed by atoms with Crippen LogP contribution in [0.1, 0.15) is 93.4 Å². The van der Waals surface area contributed by atoms with Gasteiger partial charge in [-0.3, -0.25) is 0 Å². The van der Waals surface area contributed by atoms with E-state index in [0.717, 1.165) is 5.92 Å². The van der Waals surface area contributed by atoms with Crippen LogP contribution in [0, 0.1) is 11.3 Å². The van der Waals surface area contributed by atoms with Crippen molar-refractivity contribution in [3.63, 3.8) is 0 Å². The first-order chi connectivity index (χ1) is 7.39. The number of hydrogen-bond acceptors (Lipinski definition) is 0. The lowest BCUT2D eigenvalue weighted by molar-refractivity contribution is 0.338. The van der Waals surface area contributed by atoms with Gasteiger partial charge in [0.05, 0.1) is 0 Å². The Morgan fingerprint density at radius 3 is 1.56 bits per heavy atom. The van der Waals surface area contributed by atoms with E-state index in [1.165, 1.54) is 44.9 Å². The van der Waals surface area contributed by atoms with Crippen molar-refractivity contribution in [2.45, 2.75) is 93.4 Å². The molecule has 0 spiro atoms. The van der Waals surface area contributed by atoms with Crippen LogP contribution < -0.4 is 0 Å². The summed E-state index contributed by atoms with van der Waals surface area (Å²) in [5.74, 6) is 0.904. The fourth-order valence-corrected chi connectivity index (χ4v) is 1.23. The van der Waals surface area contributed by atoms with Crippen molar-refractivity contribution in [3.05, 3.63) is 0 Å². The van der Waals surface area contributed by atoms with Gasteiger partial charge in [0.25, 0.3) is 0 Å². The minimum atomic E-state index is 0.583. The Kier molecular flexibility index (Phi) is 13.2. The normalized spacial score (nSPS) is 11.2. The summed E-state index contributed by atoms with van der Waals surface area (Å²) in [6.45, 7) is 15.9. The molecule has 0 fully saturated rings. The van der Waals surface area contributed by atoms with E-state index in [2.05, 4.69) is 48.5 Å². The molecule has 0 unspecified atom stereocenters. The van der Waals surface area contributed by atoms with E-state index in [1.54, 1.807) is 0 Å². The third kappa shape index (κ3) is 16.4. The van der Waals surface area contributed by atoms with Crippen LogP contribution in [0.2, 0.25) is 0 Å². The first kappa shape index (κ1) is 18.4. The highest BCUT2D eigenvalue weighted by atomic mass is 14.1. The van der Waals surface area contributed by atoms with Gasteiger partial charge in [-0.25, -0.2) is 0 Å². The topological polar surface area (TPSA) is 0 Å². The molecule has 0 aromatic carbocycles. The van der Waals surface area contributed by atoms with E-state index >= 15 is 0 Å². The van der Waals surface area contributed by atoms with Crippen molar-refractivity contribution in [2.75, 3.05) is 0 Å². The Hall–Kier alpha value is 0. The van der Waals surface area contributed by atoms with E-state index in [9.17, 15) is 0 Å². The second kappa shape index (κ2) is 11.5. The molecule has 0 atom stereocenters. The van der Waals surface area contributed by atoms with Gasteiger partial charge < -0.3 is 0 Å². The van der Waals surface area contributed by atoms with Crippen molar-refractivity contribution in [2.24, 2.45) is 11.3 Å². The van der Waals surface area contributed by atoms with Crippen LogP contribution in [-0.4, -0.2) is 0 Å². The molecule has 0 rings (SSSR count). The van der Waals surface area contributed by atoms with Gasteiger partial charge in [-0.15, -0.1) is 0 Å². The predicted molar refractivity (Wildman–Crippen MR) is 78.0 cm³/mol. The highest BCUT2D eigenvalue weighted by Gasteiger charge is 2.09. The predicted octanol–water partition coefficient (Wildman–Crippen LogP) is 6.45. The molecule has 0 aliphatic carbocycles. The van der Waals surface area contributed by atoms with Gasteiger partial charge in [-0.05, 0) is 11.3 Å². The molecule has 16 heavy (non-hydrogen) atoms. The molecule has 0 aromatic rings. The number of unbranched alkanes of at least 4 members (excludes halogenated alkanes) is 3. The largest absolute Gasteiger partial charge is 0.0654 e. The highest BCUT2D eigenvalue weighted by Crippen LogP contribution is 2.22. The lowest BCUT2D eigenvalue weighted by Crippen LogP contribution is -2.05. The standard InChI is InChI=1S/C9H20.C7H16/c1-4-5-6-7-8-9(2)3;1-5-7(3,4)6-2/h9H,4-8H2,1-3H3;5-6H2,1-4H3. The number of hydrogen-bond donors (Lipinski definition) is 0. The molecule has 0 saturated heterocycles. The van der Waals surface area contributed by atoms with Gasteiger partial charge in [0, 0.05) is 0 Å². The molecule has 0 heteroatoms. The molecule has 100 valence electrons. The van der Waals surface area contributed by atoms with E-state index in [0.29, 0.717) is 5.41 Å². The van der Waals surface area contributed by atoms with E-state index < -0.39 is 0 Å². The Morgan fingerprint density at radius 1 is 0.812 bits per heavy atom. The molecule has 0 aliphatic rings. The van der Waals surface area contributed by atoms with E-state index in [1.807, 2.05) is 0 Å². The zero-order valence-electron chi connectivity index (χ0n) is 13.0. The molecule has 0 radical (unpaired) electrons. The maximum absolute atomic E-state index is 2.30. The second-order valence-electron chi connectivity index (χ2n) is 6.11. The Bertz CT molecular complexity index is 116. The van der Waals surface area contributed by atoms with Gasteiger partial charge >= 0.3 is 0 Å². The summed E-state index contributed by atoms with van der Waals surface area (Å²) in [5.41, 5.74) is 0.583. The molecule has 0 aromatic heterocycles. The fraction of sp³-hybridized carbons (Fsp3) is 1.00. The van der Waals surface area contributed by atoms with Gasteiger partial charge in [-0.2, -0.15) is 0 Å². The molecule has 0 heterocycles. The molecule has 0 N–H and O–H groups in total. The zero-order valence-corrected chi connectivity index (χ0v) is 13.0. The maximum Gasteiger partial charge on any atom is -0.0359 e. The van der Waals surface area contributed by atoms with Gasteiger partial charge in [0.1, 0.15) is 0 Å². The van der Waals surface area contributed by atoms with E-state index in [4.69, 9.17) is 0 Å². The van der Waals surface area contributed by atoms with Crippen molar-refractivity contribution < 1.29 is 0 Å². The first-order valence-electron chi connectivity index (χ1n) is 7.39. The van der Waals surface area contributed by atoms with Gasteiger partial charge in [-0.1, -0.05) is 93.4 Å². The average Bonchev–Trinajstić information content (AvgIpc) is 2.25. The minimum Gasteiger partial charge on any atom is -0.0654 e. The Labute approximate surface area is 105 Å². The third-order valence-corrected chi connectivity index (χ3v) is 3.55. The Balaban J connectivity index is 0. The fourth-order valence-electron chi connectivity index (χ4n) is 1.23. The van der Waals surface area contributed by atoms with Crippen LogP contribution in [0.5, 0.6) is 0 Å². The van der Waals surface area contributed by atoms with E-state index in [-0.39, 0.29) is 0 Å². The lowest BCUT2D eigenvalue weighted by Gasteiger charge is -2.18. The van der Waals surface area contributed by atoms with Crippen molar-refractivity contribution in [1.82, 2.24) is 0 Å². The van der Waals surface area contributed by atoms with Crippen molar-refractivity contribution in [3.8, 4) is 0 Å². The third-order valence-electron chi connectivity index (χ3n) is 3.55. The van der Waals surface area contributed by atoms with Crippen LogP contribution >= 0.6 is 0 Å². The monoisotopic (exact) mass is 228 g/mol. The maximum atomic E-state index is 2.30. The number of rotatable bonds is 7. The molecular weight excluding hydrogens is 192 g/mol. The molecule has 0 saturated carbocycles. The minimum absolute atomic E-state index is 0.583. The summed E-state index contributed by atoms with van der Waals surface area (Å²) in [6, 6.07) is 0. The molecule has 0 bridgehead atoms. The second-order valence-corrected chi connectivity index (χ2v) is 6.11.